The summed E-state index contributed by atoms with van der Waals surface area (Å²) >= 11 is 0. The summed E-state index contributed by atoms with van der Waals surface area (Å²) in [5.41, 5.74) is 1.65. The number of rotatable bonds is 12. The van der Waals surface area contributed by atoms with Crippen molar-refractivity contribution < 1.29 is 28.9 Å². The second kappa shape index (κ2) is 12.5. The molecule has 0 spiro atoms. The van der Waals surface area contributed by atoms with Crippen molar-refractivity contribution in [3.8, 4) is 0 Å². The Labute approximate surface area is 164 Å². The third-order valence-corrected chi connectivity index (χ3v) is 3.88. The van der Waals surface area contributed by atoms with E-state index in [1.807, 2.05) is 54.6 Å². The monoisotopic (exact) mass is 387 g/mol. The second-order valence-electron chi connectivity index (χ2n) is 6.00. The van der Waals surface area contributed by atoms with Gasteiger partial charge in [-0.25, -0.2) is 4.79 Å². The Morgan fingerprint density at radius 3 is 2.57 bits per heavy atom. The fraction of sp³-hybridized carbons (Fsp3) is 0.333. The highest BCUT2D eigenvalue weighted by molar-refractivity contribution is 5.76. The molecule has 1 atom stereocenters. The number of hydrogen-bond acceptors (Lipinski definition) is 6. The van der Waals surface area contributed by atoms with Gasteiger partial charge in [-0.2, -0.15) is 0 Å². The van der Waals surface area contributed by atoms with Gasteiger partial charge in [-0.3, -0.25) is 4.79 Å². The summed E-state index contributed by atoms with van der Waals surface area (Å²) in [5, 5.41) is 11.6. The van der Waals surface area contributed by atoms with Crippen LogP contribution in [0, 0.1) is 5.92 Å². The quantitative estimate of drug-likeness (QED) is 0.420. The van der Waals surface area contributed by atoms with Crippen LogP contribution in [0.1, 0.15) is 12.0 Å². The van der Waals surface area contributed by atoms with Crippen molar-refractivity contribution in [2.45, 2.75) is 13.0 Å². The molecule has 28 heavy (non-hydrogen) atoms. The summed E-state index contributed by atoms with van der Waals surface area (Å²) in [6.45, 7) is 0.605. The van der Waals surface area contributed by atoms with Gasteiger partial charge in [0.15, 0.2) is 0 Å². The average molecular weight is 387 g/mol. The number of carboxylic acid groups (broad SMARTS) is 1. The van der Waals surface area contributed by atoms with Crippen molar-refractivity contribution in [2.75, 3.05) is 26.4 Å². The molecule has 150 valence electrons. The molecule has 0 saturated heterocycles. The number of nitrogens with one attached hydrogen (secondary N) is 1. The zero-order valence-corrected chi connectivity index (χ0v) is 15.6. The SMILES string of the molecule is O=C(O)COCCOCCC(C(=O)OCc1ccccc1)C1=CC=CC=CN1. The fourth-order valence-corrected chi connectivity index (χ4v) is 2.50. The lowest BCUT2D eigenvalue weighted by Crippen LogP contribution is -2.27. The molecule has 0 radical (unpaired) electrons. The van der Waals surface area contributed by atoms with Gasteiger partial charge in [0, 0.05) is 18.5 Å². The van der Waals surface area contributed by atoms with E-state index in [1.165, 1.54) is 0 Å². The van der Waals surface area contributed by atoms with E-state index >= 15 is 0 Å². The summed E-state index contributed by atoms with van der Waals surface area (Å²) < 4.78 is 15.9. The van der Waals surface area contributed by atoms with Crippen molar-refractivity contribution in [3.63, 3.8) is 0 Å². The molecule has 0 bridgehead atoms. The number of hydrogen-bond donors (Lipinski definition) is 2. The van der Waals surface area contributed by atoms with Gasteiger partial charge in [0.1, 0.15) is 13.2 Å². The molecule has 0 amide bonds. The first-order chi connectivity index (χ1) is 13.7. The number of carbonyl (C=O) groups is 2. The van der Waals surface area contributed by atoms with Crippen molar-refractivity contribution >= 4 is 11.9 Å². The summed E-state index contributed by atoms with van der Waals surface area (Å²) in [4.78, 5) is 23.1. The minimum atomic E-state index is -1.02. The maximum atomic E-state index is 12.7. The van der Waals surface area contributed by atoms with Crippen molar-refractivity contribution in [1.29, 1.82) is 0 Å². The van der Waals surface area contributed by atoms with Crippen LogP contribution in [0.3, 0.4) is 0 Å². The first-order valence-corrected chi connectivity index (χ1v) is 9.04. The maximum Gasteiger partial charge on any atom is 0.329 e. The van der Waals surface area contributed by atoms with Crippen molar-refractivity contribution in [1.82, 2.24) is 5.32 Å². The Morgan fingerprint density at radius 1 is 1.00 bits per heavy atom. The highest BCUT2D eigenvalue weighted by Gasteiger charge is 2.24. The number of carbonyl (C=O) groups excluding carboxylic acids is 1. The number of carboxylic acids is 1. The third kappa shape index (κ3) is 8.20. The number of allylic oxidation sites excluding steroid dienone is 4. The zero-order chi connectivity index (χ0) is 20.0. The fourth-order valence-electron chi connectivity index (χ4n) is 2.50. The molecule has 1 aromatic rings. The summed E-state index contributed by atoms with van der Waals surface area (Å²) in [6.07, 6.45) is 9.57. The molecule has 1 heterocycles. The standard InChI is InChI=1S/C21H25NO6/c23-20(24)16-27-14-13-26-12-10-18(19-9-5-2-6-11-22-19)21(25)28-15-17-7-3-1-4-8-17/h1-9,11,18,22H,10,12-16H2,(H,23,24). The van der Waals surface area contributed by atoms with E-state index in [2.05, 4.69) is 5.32 Å². The predicted octanol–water partition coefficient (Wildman–Crippen LogP) is 2.41. The lowest BCUT2D eigenvalue weighted by atomic mass is 10.0. The highest BCUT2D eigenvalue weighted by atomic mass is 16.5. The van der Waals surface area contributed by atoms with E-state index in [-0.39, 0.29) is 32.4 Å². The van der Waals surface area contributed by atoms with Gasteiger partial charge in [-0.1, -0.05) is 42.5 Å². The molecular weight excluding hydrogens is 362 g/mol. The van der Waals surface area contributed by atoms with Gasteiger partial charge < -0.3 is 24.6 Å². The van der Waals surface area contributed by atoms with E-state index in [0.717, 1.165) is 11.3 Å². The van der Waals surface area contributed by atoms with E-state index in [1.54, 1.807) is 6.20 Å². The summed E-state index contributed by atoms with van der Waals surface area (Å²) in [7, 11) is 0. The Bertz CT molecular complexity index is 711. The van der Waals surface area contributed by atoms with Crippen LogP contribution in [0.5, 0.6) is 0 Å². The number of aliphatic carboxylic acids is 1. The van der Waals surface area contributed by atoms with Crippen molar-refractivity contribution in [2.24, 2.45) is 5.92 Å². The van der Waals surface area contributed by atoms with Crippen molar-refractivity contribution in [3.05, 3.63) is 72.1 Å². The number of ether oxygens (including phenoxy) is 3. The Kier molecular flexibility index (Phi) is 9.54. The lowest BCUT2D eigenvalue weighted by molar-refractivity contribution is -0.149. The van der Waals surface area contributed by atoms with Crippen LogP contribution in [0.25, 0.3) is 0 Å². The second-order valence-corrected chi connectivity index (χ2v) is 6.00. The van der Waals surface area contributed by atoms with E-state index in [0.29, 0.717) is 13.0 Å². The molecule has 2 rings (SSSR count). The molecule has 0 aliphatic carbocycles. The smallest absolute Gasteiger partial charge is 0.329 e. The van der Waals surface area contributed by atoms with Gasteiger partial charge in [0.2, 0.25) is 0 Å². The zero-order valence-electron chi connectivity index (χ0n) is 15.6. The highest BCUT2D eigenvalue weighted by Crippen LogP contribution is 2.18. The first-order valence-electron chi connectivity index (χ1n) is 9.04. The van der Waals surface area contributed by atoms with Crippen LogP contribution in [0.15, 0.2) is 66.5 Å². The van der Waals surface area contributed by atoms with Gasteiger partial charge in [0.25, 0.3) is 0 Å². The van der Waals surface area contributed by atoms with Crippen LogP contribution in [-0.2, 0) is 30.4 Å². The van der Waals surface area contributed by atoms with Crippen LogP contribution < -0.4 is 5.32 Å². The predicted molar refractivity (Wildman–Crippen MR) is 103 cm³/mol. The average Bonchev–Trinajstić information content (AvgIpc) is 2.98. The third-order valence-electron chi connectivity index (χ3n) is 3.88. The molecule has 0 fully saturated rings. The molecule has 1 aromatic carbocycles. The Hall–Kier alpha value is -2.90. The normalized spacial score (nSPS) is 13.9. The van der Waals surface area contributed by atoms with Crippen LogP contribution >= 0.6 is 0 Å². The molecule has 7 heteroatoms. The molecule has 0 saturated carbocycles. The van der Waals surface area contributed by atoms with Gasteiger partial charge in [-0.15, -0.1) is 0 Å². The maximum absolute atomic E-state index is 12.7. The molecule has 1 aliphatic heterocycles. The molecule has 1 unspecified atom stereocenters. The van der Waals surface area contributed by atoms with Crippen LogP contribution in [0.2, 0.25) is 0 Å². The molecule has 0 aromatic heterocycles. The largest absolute Gasteiger partial charge is 0.480 e. The molecule has 1 aliphatic rings. The van der Waals surface area contributed by atoms with E-state index in [4.69, 9.17) is 19.3 Å². The van der Waals surface area contributed by atoms with E-state index < -0.39 is 11.9 Å². The lowest BCUT2D eigenvalue weighted by Gasteiger charge is -2.19. The topological polar surface area (TPSA) is 94.1 Å². The minimum absolute atomic E-state index is 0.182. The van der Waals surface area contributed by atoms with Gasteiger partial charge in [-0.05, 0) is 24.1 Å². The summed E-state index contributed by atoms with van der Waals surface area (Å²) in [6, 6.07) is 9.50. The molecule has 7 nitrogen and oxygen atoms in total. The summed E-state index contributed by atoms with van der Waals surface area (Å²) in [5.74, 6) is -1.86. The number of benzene rings is 1. The minimum Gasteiger partial charge on any atom is -0.480 e. The van der Waals surface area contributed by atoms with Gasteiger partial charge in [0.05, 0.1) is 19.1 Å². The number of esters is 1. The Balaban J connectivity index is 1.85. The van der Waals surface area contributed by atoms with Crippen LogP contribution in [-0.4, -0.2) is 43.5 Å². The molecular formula is C21H25NO6. The van der Waals surface area contributed by atoms with Crippen LogP contribution in [0.4, 0.5) is 0 Å². The first kappa shape index (κ1) is 21.4. The van der Waals surface area contributed by atoms with E-state index in [9.17, 15) is 9.59 Å². The molecule has 2 N–H and O–H groups in total. The Morgan fingerprint density at radius 2 is 1.79 bits per heavy atom. The van der Waals surface area contributed by atoms with Gasteiger partial charge >= 0.3 is 11.9 Å².